The molecule has 0 radical (unpaired) electrons. The van der Waals surface area contributed by atoms with Crippen LogP contribution in [0.5, 0.6) is 0 Å². The van der Waals surface area contributed by atoms with Crippen molar-refractivity contribution < 1.29 is 19.1 Å². The molecule has 160 valence electrons. The molecule has 3 aliphatic rings. The standard InChI is InChI=1S/C24H23BrN2O4/c1-11-3-6-15(9-12(11)2)27-22(28)13-4-7-14(8-5-13)26-23(29)18-16-10-17-19(18)24(30)31-21(17)20(16)25/h3-9,16-21H,10H2,1-2H3,(H,26,29)(H,27,28)/t16-,17-,18-,19+,20+,21+/m1/s1. The first-order valence-corrected chi connectivity index (χ1v) is 11.4. The summed E-state index contributed by atoms with van der Waals surface area (Å²) in [6.45, 7) is 4.03. The number of aryl methyl sites for hydroxylation is 2. The Bertz CT molecular complexity index is 1080. The minimum absolute atomic E-state index is 0.0347. The number of esters is 1. The normalized spacial score (nSPS) is 30.2. The van der Waals surface area contributed by atoms with Crippen LogP contribution in [0.1, 0.15) is 27.9 Å². The van der Waals surface area contributed by atoms with E-state index >= 15 is 0 Å². The third kappa shape index (κ3) is 3.35. The number of fused-ring (bicyclic) bond motifs is 1. The number of anilines is 2. The van der Waals surface area contributed by atoms with Gasteiger partial charge in [0.05, 0.1) is 16.7 Å². The van der Waals surface area contributed by atoms with Gasteiger partial charge in [-0.1, -0.05) is 22.0 Å². The van der Waals surface area contributed by atoms with Crippen molar-refractivity contribution in [2.75, 3.05) is 10.6 Å². The molecule has 3 fully saturated rings. The molecule has 2 aromatic rings. The molecule has 0 aromatic heterocycles. The summed E-state index contributed by atoms with van der Waals surface area (Å²) in [6.07, 6.45) is 0.744. The first-order valence-electron chi connectivity index (χ1n) is 10.5. The van der Waals surface area contributed by atoms with Crippen molar-refractivity contribution in [1.29, 1.82) is 0 Å². The first kappa shape index (κ1) is 20.2. The number of hydrogen-bond donors (Lipinski definition) is 2. The van der Waals surface area contributed by atoms with E-state index < -0.39 is 0 Å². The highest BCUT2D eigenvalue weighted by molar-refractivity contribution is 9.09. The van der Waals surface area contributed by atoms with Crippen LogP contribution in [0.3, 0.4) is 0 Å². The predicted molar refractivity (Wildman–Crippen MR) is 120 cm³/mol. The van der Waals surface area contributed by atoms with E-state index in [2.05, 4.69) is 26.6 Å². The van der Waals surface area contributed by atoms with E-state index in [1.165, 1.54) is 5.56 Å². The van der Waals surface area contributed by atoms with Gasteiger partial charge in [0.2, 0.25) is 5.91 Å². The number of amides is 2. The van der Waals surface area contributed by atoms with Crippen LogP contribution in [0.2, 0.25) is 0 Å². The molecule has 1 saturated heterocycles. The quantitative estimate of drug-likeness (QED) is 0.508. The second-order valence-corrected chi connectivity index (χ2v) is 9.84. The van der Waals surface area contributed by atoms with Gasteiger partial charge < -0.3 is 15.4 Å². The molecule has 2 aromatic carbocycles. The van der Waals surface area contributed by atoms with Crippen molar-refractivity contribution in [3.05, 3.63) is 59.2 Å². The largest absolute Gasteiger partial charge is 0.461 e. The minimum atomic E-state index is -0.381. The van der Waals surface area contributed by atoms with E-state index in [-0.39, 0.29) is 52.4 Å². The number of rotatable bonds is 4. The maximum Gasteiger partial charge on any atom is 0.310 e. The lowest BCUT2D eigenvalue weighted by molar-refractivity contribution is -0.145. The SMILES string of the molecule is Cc1ccc(NC(=O)c2ccc(NC(=O)[C@@H]3[C@H]4C[C@H]5[C@H](OC(=O)[C@@H]53)[C@H]4Br)cc2)cc1C. The smallest absolute Gasteiger partial charge is 0.310 e. The molecule has 31 heavy (non-hydrogen) atoms. The summed E-state index contributed by atoms with van der Waals surface area (Å²) in [5, 5.41) is 5.82. The van der Waals surface area contributed by atoms with Crippen molar-refractivity contribution in [1.82, 2.24) is 0 Å². The van der Waals surface area contributed by atoms with Crippen LogP contribution in [0.25, 0.3) is 0 Å². The Balaban J connectivity index is 1.25. The summed E-state index contributed by atoms with van der Waals surface area (Å²) in [5.41, 5.74) is 4.12. The van der Waals surface area contributed by atoms with Crippen LogP contribution < -0.4 is 10.6 Å². The van der Waals surface area contributed by atoms with Gasteiger partial charge >= 0.3 is 5.97 Å². The second kappa shape index (κ2) is 7.48. The Morgan fingerprint density at radius 2 is 1.68 bits per heavy atom. The van der Waals surface area contributed by atoms with Gasteiger partial charge in [-0.3, -0.25) is 14.4 Å². The molecule has 1 heterocycles. The minimum Gasteiger partial charge on any atom is -0.461 e. The number of halogens is 1. The molecule has 0 unspecified atom stereocenters. The van der Waals surface area contributed by atoms with Crippen molar-refractivity contribution in [2.24, 2.45) is 23.7 Å². The van der Waals surface area contributed by atoms with E-state index in [9.17, 15) is 14.4 Å². The molecule has 2 saturated carbocycles. The zero-order chi connectivity index (χ0) is 21.9. The van der Waals surface area contributed by atoms with Crippen LogP contribution >= 0.6 is 15.9 Å². The van der Waals surface area contributed by atoms with Crippen molar-refractivity contribution >= 4 is 45.1 Å². The predicted octanol–water partition coefficient (Wildman–Crippen LogP) is 4.07. The van der Waals surface area contributed by atoms with Crippen molar-refractivity contribution in [3.63, 3.8) is 0 Å². The monoisotopic (exact) mass is 482 g/mol. The van der Waals surface area contributed by atoms with Gasteiger partial charge in [-0.25, -0.2) is 0 Å². The van der Waals surface area contributed by atoms with E-state index in [1.54, 1.807) is 24.3 Å². The Labute approximate surface area is 188 Å². The third-order valence-corrected chi connectivity index (χ3v) is 8.21. The molecule has 6 atom stereocenters. The van der Waals surface area contributed by atoms with E-state index in [0.29, 0.717) is 11.3 Å². The number of ether oxygens (including phenoxy) is 1. The zero-order valence-corrected chi connectivity index (χ0v) is 18.8. The van der Waals surface area contributed by atoms with Crippen LogP contribution in [-0.4, -0.2) is 28.7 Å². The molecule has 6 nitrogen and oxygen atoms in total. The number of carbonyl (C=O) groups excluding carboxylic acids is 3. The van der Waals surface area contributed by atoms with Gasteiger partial charge in [0.15, 0.2) is 0 Å². The third-order valence-electron chi connectivity index (χ3n) is 7.01. The Hall–Kier alpha value is -2.67. The molecule has 0 spiro atoms. The molecular formula is C24H23BrN2O4. The van der Waals surface area contributed by atoms with Crippen LogP contribution in [0, 0.1) is 37.5 Å². The second-order valence-electron chi connectivity index (χ2n) is 8.78. The fraction of sp³-hybridized carbons (Fsp3) is 0.375. The molecule has 2 bridgehead atoms. The highest BCUT2D eigenvalue weighted by Crippen LogP contribution is 2.60. The fourth-order valence-electron chi connectivity index (χ4n) is 5.28. The van der Waals surface area contributed by atoms with Gasteiger partial charge in [0, 0.05) is 22.9 Å². The highest BCUT2D eigenvalue weighted by atomic mass is 79.9. The van der Waals surface area contributed by atoms with Gasteiger partial charge in [0.25, 0.3) is 5.91 Å². The number of nitrogens with one attached hydrogen (secondary N) is 2. The maximum atomic E-state index is 13.0. The summed E-state index contributed by atoms with van der Waals surface area (Å²) in [4.78, 5) is 37.8. The van der Waals surface area contributed by atoms with Gasteiger partial charge in [-0.2, -0.15) is 0 Å². The van der Waals surface area contributed by atoms with E-state index in [0.717, 1.165) is 17.7 Å². The average molecular weight is 483 g/mol. The molecule has 7 heteroatoms. The van der Waals surface area contributed by atoms with E-state index in [1.807, 2.05) is 32.0 Å². The first-order chi connectivity index (χ1) is 14.8. The topological polar surface area (TPSA) is 84.5 Å². The van der Waals surface area contributed by atoms with E-state index in [4.69, 9.17) is 4.74 Å². The lowest BCUT2D eigenvalue weighted by Gasteiger charge is -2.27. The summed E-state index contributed by atoms with van der Waals surface area (Å²) in [7, 11) is 0. The van der Waals surface area contributed by atoms with Gasteiger partial charge in [-0.15, -0.1) is 0 Å². The summed E-state index contributed by atoms with van der Waals surface area (Å²) < 4.78 is 5.48. The van der Waals surface area contributed by atoms with Crippen LogP contribution in [-0.2, 0) is 14.3 Å². The highest BCUT2D eigenvalue weighted by Gasteiger charge is 2.67. The Morgan fingerprint density at radius 3 is 2.39 bits per heavy atom. The molecule has 2 N–H and O–H groups in total. The zero-order valence-electron chi connectivity index (χ0n) is 17.2. The lowest BCUT2D eigenvalue weighted by atomic mass is 9.79. The summed E-state index contributed by atoms with van der Waals surface area (Å²) >= 11 is 3.63. The number of benzene rings is 2. The molecule has 5 rings (SSSR count). The average Bonchev–Trinajstić information content (AvgIpc) is 3.35. The molecule has 2 aliphatic carbocycles. The van der Waals surface area contributed by atoms with Crippen molar-refractivity contribution in [2.45, 2.75) is 31.2 Å². The summed E-state index contributed by atoms with van der Waals surface area (Å²) in [5.74, 6) is -1.11. The Kier molecular flexibility index (Phi) is 4.88. The number of hydrogen-bond acceptors (Lipinski definition) is 4. The molecular weight excluding hydrogens is 460 g/mol. The maximum absolute atomic E-state index is 13.0. The fourth-order valence-corrected chi connectivity index (χ4v) is 6.33. The van der Waals surface area contributed by atoms with Gasteiger partial charge in [-0.05, 0) is 73.7 Å². The van der Waals surface area contributed by atoms with Crippen LogP contribution in [0.4, 0.5) is 11.4 Å². The number of alkyl halides is 1. The molecule has 2 amide bonds. The Morgan fingerprint density at radius 1 is 0.968 bits per heavy atom. The van der Waals surface area contributed by atoms with Crippen molar-refractivity contribution in [3.8, 4) is 0 Å². The summed E-state index contributed by atoms with van der Waals surface area (Å²) in [6, 6.07) is 12.6. The lowest BCUT2D eigenvalue weighted by Crippen LogP contribution is -2.40. The van der Waals surface area contributed by atoms with Gasteiger partial charge in [0.1, 0.15) is 6.10 Å². The molecule has 1 aliphatic heterocycles. The number of carbonyl (C=O) groups is 3. The van der Waals surface area contributed by atoms with Crippen LogP contribution in [0.15, 0.2) is 42.5 Å².